The van der Waals surface area contributed by atoms with Crippen LogP contribution in [0.1, 0.15) is 0 Å². The molecule has 2 N–H and O–H groups in total. The lowest BCUT2D eigenvalue weighted by Crippen LogP contribution is -1.90. The largest absolute Gasteiger partial charge is 0.370 e. The first-order chi connectivity index (χ1) is 6.42. The van der Waals surface area contributed by atoms with Gasteiger partial charge in [-0.1, -0.05) is 30.3 Å². The quantitative estimate of drug-likeness (QED) is 0.725. The molecule has 0 saturated heterocycles. The van der Waals surface area contributed by atoms with Crippen LogP contribution in [0, 0.1) is 0 Å². The Balaban J connectivity index is 2.47. The second-order valence-corrected chi connectivity index (χ2v) is 2.64. The van der Waals surface area contributed by atoms with Crippen molar-refractivity contribution in [3.63, 3.8) is 0 Å². The molecule has 0 bridgehead atoms. The van der Waals surface area contributed by atoms with Crippen LogP contribution in [0.15, 0.2) is 30.3 Å². The predicted octanol–water partition coefficient (Wildman–Crippen LogP) is 1.51. The van der Waals surface area contributed by atoms with E-state index in [0.29, 0.717) is 0 Å². The zero-order chi connectivity index (χ0) is 9.10. The summed E-state index contributed by atoms with van der Waals surface area (Å²) in [6.45, 7) is 0. The van der Waals surface area contributed by atoms with E-state index in [9.17, 15) is 0 Å². The van der Waals surface area contributed by atoms with Gasteiger partial charge in [0.1, 0.15) is 5.69 Å². The van der Waals surface area contributed by atoms with E-state index in [2.05, 4.69) is 20.7 Å². The first-order valence-electron chi connectivity index (χ1n) is 4.06. The van der Waals surface area contributed by atoms with Crippen molar-refractivity contribution in [2.45, 2.75) is 0 Å². The highest BCUT2D eigenvalue weighted by Crippen LogP contribution is 2.21. The first kappa shape index (κ1) is 7.79. The van der Waals surface area contributed by atoms with Gasteiger partial charge >= 0.3 is 0 Å². The molecule has 1 aromatic carbocycles. The fourth-order valence-corrected chi connectivity index (χ4v) is 1.20. The fraction of sp³-hybridized carbons (Fsp3) is 0.111. The monoisotopic (exact) mass is 174 g/mol. The van der Waals surface area contributed by atoms with Crippen molar-refractivity contribution in [2.24, 2.45) is 0 Å². The molecular formula is C9H10N4. The number of nitrogens with zero attached hydrogens (tertiary/aromatic N) is 2. The number of aromatic nitrogens is 3. The Kier molecular flexibility index (Phi) is 1.96. The van der Waals surface area contributed by atoms with Gasteiger partial charge in [0.05, 0.1) is 0 Å². The molecule has 0 aliphatic carbocycles. The summed E-state index contributed by atoms with van der Waals surface area (Å²) in [6.07, 6.45) is 0. The molecule has 13 heavy (non-hydrogen) atoms. The molecule has 2 rings (SSSR count). The maximum absolute atomic E-state index is 4.06. The van der Waals surface area contributed by atoms with Gasteiger partial charge in [-0.25, -0.2) is 0 Å². The Labute approximate surface area is 76.0 Å². The van der Waals surface area contributed by atoms with Crippen LogP contribution in [-0.2, 0) is 0 Å². The molecule has 66 valence electrons. The van der Waals surface area contributed by atoms with Gasteiger partial charge in [0.25, 0.3) is 0 Å². The maximum atomic E-state index is 4.06. The number of aromatic amines is 1. The molecule has 0 amide bonds. The molecule has 0 aliphatic heterocycles. The molecule has 0 spiro atoms. The molecule has 0 atom stereocenters. The minimum Gasteiger partial charge on any atom is -0.370 e. The van der Waals surface area contributed by atoms with Crippen LogP contribution in [0.25, 0.3) is 11.3 Å². The second-order valence-electron chi connectivity index (χ2n) is 2.64. The van der Waals surface area contributed by atoms with Crippen LogP contribution in [0.5, 0.6) is 0 Å². The molecule has 0 fully saturated rings. The lowest BCUT2D eigenvalue weighted by atomic mass is 10.1. The molecule has 2 aromatic rings. The van der Waals surface area contributed by atoms with Crippen LogP contribution >= 0.6 is 0 Å². The Morgan fingerprint density at radius 1 is 1.15 bits per heavy atom. The number of nitrogens with one attached hydrogen (secondary N) is 2. The van der Waals surface area contributed by atoms with E-state index in [1.165, 1.54) is 0 Å². The molecule has 0 radical (unpaired) electrons. The van der Waals surface area contributed by atoms with Crippen LogP contribution in [-0.4, -0.2) is 22.5 Å². The van der Waals surface area contributed by atoms with Gasteiger partial charge in [0, 0.05) is 12.6 Å². The average molecular weight is 174 g/mol. The molecule has 4 heteroatoms. The highest BCUT2D eigenvalue weighted by Gasteiger charge is 2.06. The summed E-state index contributed by atoms with van der Waals surface area (Å²) in [5.41, 5.74) is 1.91. The minimum atomic E-state index is 0.770. The van der Waals surface area contributed by atoms with Crippen LogP contribution in [0.2, 0.25) is 0 Å². The van der Waals surface area contributed by atoms with Crippen molar-refractivity contribution in [2.75, 3.05) is 12.4 Å². The van der Waals surface area contributed by atoms with Crippen molar-refractivity contribution < 1.29 is 0 Å². The average Bonchev–Trinajstić information content (AvgIpc) is 2.67. The van der Waals surface area contributed by atoms with E-state index in [1.54, 1.807) is 0 Å². The SMILES string of the molecule is CNc1n[nH]nc1-c1ccccc1. The standard InChI is InChI=1S/C9H10N4/c1-10-9-8(11-13-12-9)7-5-3-2-4-6-7/h2-6H,1H3,(H2,10,11,12,13). The third-order valence-corrected chi connectivity index (χ3v) is 1.83. The number of anilines is 1. The predicted molar refractivity (Wildman–Crippen MR) is 51.4 cm³/mol. The Morgan fingerprint density at radius 2 is 1.92 bits per heavy atom. The number of hydrogen-bond acceptors (Lipinski definition) is 3. The van der Waals surface area contributed by atoms with Gasteiger partial charge < -0.3 is 5.32 Å². The van der Waals surface area contributed by atoms with E-state index in [0.717, 1.165) is 17.1 Å². The summed E-state index contributed by atoms with van der Waals surface area (Å²) < 4.78 is 0. The van der Waals surface area contributed by atoms with E-state index in [1.807, 2.05) is 37.4 Å². The molecule has 0 aliphatic rings. The van der Waals surface area contributed by atoms with Crippen molar-refractivity contribution >= 4 is 5.82 Å². The summed E-state index contributed by atoms with van der Waals surface area (Å²) >= 11 is 0. The molecular weight excluding hydrogens is 164 g/mol. The fourth-order valence-electron chi connectivity index (χ4n) is 1.20. The van der Waals surface area contributed by atoms with Gasteiger partial charge in [-0.3, -0.25) is 0 Å². The van der Waals surface area contributed by atoms with Crippen molar-refractivity contribution in [1.82, 2.24) is 15.4 Å². The molecule has 4 nitrogen and oxygen atoms in total. The number of benzene rings is 1. The van der Waals surface area contributed by atoms with Gasteiger partial charge in [0.2, 0.25) is 0 Å². The maximum Gasteiger partial charge on any atom is 0.176 e. The normalized spacial score (nSPS) is 9.92. The smallest absolute Gasteiger partial charge is 0.176 e. The van der Waals surface area contributed by atoms with Crippen LogP contribution in [0.4, 0.5) is 5.82 Å². The van der Waals surface area contributed by atoms with Crippen molar-refractivity contribution in [3.05, 3.63) is 30.3 Å². The number of hydrogen-bond donors (Lipinski definition) is 2. The first-order valence-corrected chi connectivity index (χ1v) is 4.06. The van der Waals surface area contributed by atoms with Crippen molar-refractivity contribution in [3.8, 4) is 11.3 Å². The molecule has 0 saturated carbocycles. The third-order valence-electron chi connectivity index (χ3n) is 1.83. The number of rotatable bonds is 2. The van der Waals surface area contributed by atoms with E-state index in [-0.39, 0.29) is 0 Å². The minimum absolute atomic E-state index is 0.770. The summed E-state index contributed by atoms with van der Waals surface area (Å²) in [7, 11) is 1.82. The lowest BCUT2D eigenvalue weighted by Gasteiger charge is -1.97. The highest BCUT2D eigenvalue weighted by atomic mass is 15.4. The number of H-pyrrole nitrogens is 1. The zero-order valence-corrected chi connectivity index (χ0v) is 7.28. The molecule has 0 unspecified atom stereocenters. The summed E-state index contributed by atoms with van der Waals surface area (Å²) in [6, 6.07) is 9.92. The van der Waals surface area contributed by atoms with E-state index in [4.69, 9.17) is 0 Å². The summed E-state index contributed by atoms with van der Waals surface area (Å²) in [5, 5.41) is 13.6. The Morgan fingerprint density at radius 3 is 2.62 bits per heavy atom. The van der Waals surface area contributed by atoms with Gasteiger partial charge in [-0.15, -0.1) is 5.10 Å². The Hall–Kier alpha value is -1.84. The summed E-state index contributed by atoms with van der Waals surface area (Å²) in [4.78, 5) is 0. The van der Waals surface area contributed by atoms with E-state index < -0.39 is 0 Å². The summed E-state index contributed by atoms with van der Waals surface area (Å²) in [5.74, 6) is 0.770. The topological polar surface area (TPSA) is 53.6 Å². The second kappa shape index (κ2) is 3.26. The third kappa shape index (κ3) is 1.38. The lowest BCUT2D eigenvalue weighted by molar-refractivity contribution is 0.943. The zero-order valence-electron chi connectivity index (χ0n) is 7.28. The highest BCUT2D eigenvalue weighted by molar-refractivity contribution is 5.70. The van der Waals surface area contributed by atoms with Crippen LogP contribution < -0.4 is 5.32 Å². The molecule has 1 heterocycles. The van der Waals surface area contributed by atoms with Gasteiger partial charge in [-0.2, -0.15) is 10.3 Å². The van der Waals surface area contributed by atoms with Crippen molar-refractivity contribution in [1.29, 1.82) is 0 Å². The van der Waals surface area contributed by atoms with Gasteiger partial charge in [-0.05, 0) is 0 Å². The van der Waals surface area contributed by atoms with Gasteiger partial charge in [0.15, 0.2) is 5.82 Å². The van der Waals surface area contributed by atoms with E-state index >= 15 is 0 Å². The van der Waals surface area contributed by atoms with Crippen LogP contribution in [0.3, 0.4) is 0 Å². The molecule has 1 aromatic heterocycles. The Bertz CT molecular complexity index is 380.